The fourth-order valence-corrected chi connectivity index (χ4v) is 4.12. The lowest BCUT2D eigenvalue weighted by Gasteiger charge is -2.28. The average Bonchev–Trinajstić information content (AvgIpc) is 3.13. The van der Waals surface area contributed by atoms with E-state index in [2.05, 4.69) is 0 Å². The Bertz CT molecular complexity index is 534. The Morgan fingerprint density at radius 2 is 1.78 bits per heavy atom. The van der Waals surface area contributed by atoms with Crippen LogP contribution in [-0.4, -0.2) is 69.5 Å². The van der Waals surface area contributed by atoms with Gasteiger partial charge in [0.15, 0.2) is 5.11 Å². The topological polar surface area (TPSA) is 43.9 Å². The molecule has 0 aromatic carbocycles. The minimum absolute atomic E-state index is 0.00116. The number of carbonyl (C=O) groups excluding carboxylic acids is 2. The van der Waals surface area contributed by atoms with E-state index in [1.54, 1.807) is 0 Å². The van der Waals surface area contributed by atoms with Crippen molar-refractivity contribution in [1.29, 1.82) is 0 Å². The van der Waals surface area contributed by atoms with Gasteiger partial charge in [0.1, 0.15) is 12.6 Å². The van der Waals surface area contributed by atoms with Crippen molar-refractivity contribution in [1.82, 2.24) is 14.7 Å². The molecule has 2 heterocycles. The Kier molecular flexibility index (Phi) is 4.24. The number of thiocarbonyl (C=S) groups is 1. The third-order valence-electron chi connectivity index (χ3n) is 4.74. The molecule has 1 saturated carbocycles. The maximum absolute atomic E-state index is 12.5. The minimum Gasteiger partial charge on any atom is -0.336 e. The van der Waals surface area contributed by atoms with Crippen LogP contribution in [0.3, 0.4) is 0 Å². The Morgan fingerprint density at radius 1 is 1.13 bits per heavy atom. The summed E-state index contributed by atoms with van der Waals surface area (Å²) in [4.78, 5) is 28.4. The zero-order chi connectivity index (χ0) is 16.8. The first-order valence-electron chi connectivity index (χ1n) is 7.76. The van der Waals surface area contributed by atoms with E-state index in [1.165, 1.54) is 4.90 Å². The van der Waals surface area contributed by atoms with Gasteiger partial charge in [-0.2, -0.15) is 13.2 Å². The number of likely N-dealkylation sites (tertiary alicyclic amines) is 1. The zero-order valence-corrected chi connectivity index (χ0v) is 13.3. The van der Waals surface area contributed by atoms with E-state index in [4.69, 9.17) is 12.2 Å². The summed E-state index contributed by atoms with van der Waals surface area (Å²) in [6.45, 7) is -1.14. The van der Waals surface area contributed by atoms with Crippen LogP contribution >= 0.6 is 12.2 Å². The maximum Gasteiger partial charge on any atom is 0.406 e. The summed E-state index contributed by atoms with van der Waals surface area (Å²) in [6.07, 6.45) is -0.158. The number of rotatable bonds is 3. The highest BCUT2D eigenvalue weighted by Crippen LogP contribution is 2.30. The number of hydrogen-bond acceptors (Lipinski definition) is 3. The molecule has 1 unspecified atom stereocenters. The quantitative estimate of drug-likeness (QED) is 0.725. The number of hydrogen-bond donors (Lipinski definition) is 0. The lowest BCUT2D eigenvalue weighted by atomic mass is 10.2. The fraction of sp³-hybridized carbons (Fsp3) is 0.786. The maximum atomic E-state index is 12.5. The molecule has 0 radical (unpaired) electrons. The van der Waals surface area contributed by atoms with Crippen LogP contribution in [0.2, 0.25) is 0 Å². The van der Waals surface area contributed by atoms with Crippen LogP contribution in [0.1, 0.15) is 32.1 Å². The largest absolute Gasteiger partial charge is 0.406 e. The number of nitrogens with zero attached hydrogens (tertiary/aromatic N) is 3. The molecule has 3 aliphatic rings. The summed E-state index contributed by atoms with van der Waals surface area (Å²) in [6, 6.07) is -0.678. The molecule has 2 aliphatic heterocycles. The first kappa shape index (κ1) is 16.5. The zero-order valence-electron chi connectivity index (χ0n) is 12.5. The monoisotopic (exact) mass is 349 g/mol. The lowest BCUT2D eigenvalue weighted by molar-refractivity contribution is -0.159. The van der Waals surface area contributed by atoms with Gasteiger partial charge in [0.05, 0.1) is 6.54 Å². The van der Waals surface area contributed by atoms with E-state index >= 15 is 0 Å². The number of alkyl halides is 3. The molecule has 9 heteroatoms. The van der Waals surface area contributed by atoms with Gasteiger partial charge in [-0.3, -0.25) is 14.5 Å². The van der Waals surface area contributed by atoms with Gasteiger partial charge in [-0.05, 0) is 31.5 Å². The van der Waals surface area contributed by atoms with Crippen LogP contribution in [0.4, 0.5) is 13.2 Å². The average molecular weight is 349 g/mol. The summed E-state index contributed by atoms with van der Waals surface area (Å²) in [7, 11) is 0. The van der Waals surface area contributed by atoms with Gasteiger partial charge < -0.3 is 9.80 Å². The molecule has 0 bridgehead atoms. The molecule has 5 nitrogen and oxygen atoms in total. The van der Waals surface area contributed by atoms with Gasteiger partial charge in [0, 0.05) is 12.6 Å². The standard InChI is InChI=1S/C14H18F3N3O2S/c15-14(16,17)8-18-6-5-10(12(18)22)20-11(21)7-19(13(20)23)9-3-1-2-4-9/h9-10H,1-8H2. The van der Waals surface area contributed by atoms with Crippen molar-refractivity contribution < 1.29 is 22.8 Å². The normalized spacial score (nSPS) is 27.0. The Labute approximate surface area is 137 Å². The van der Waals surface area contributed by atoms with E-state index in [0.29, 0.717) is 5.11 Å². The Hall–Kier alpha value is -1.38. The van der Waals surface area contributed by atoms with E-state index < -0.39 is 24.7 Å². The molecule has 0 spiro atoms. The van der Waals surface area contributed by atoms with Crippen LogP contribution in [0.25, 0.3) is 0 Å². The van der Waals surface area contributed by atoms with Gasteiger partial charge in [0.2, 0.25) is 11.8 Å². The van der Waals surface area contributed by atoms with Crippen molar-refractivity contribution in [2.24, 2.45) is 0 Å². The molecule has 0 aromatic heterocycles. The van der Waals surface area contributed by atoms with Gasteiger partial charge in [-0.25, -0.2) is 0 Å². The van der Waals surface area contributed by atoms with Gasteiger partial charge in [-0.15, -0.1) is 0 Å². The second kappa shape index (κ2) is 5.92. The molecule has 2 saturated heterocycles. The van der Waals surface area contributed by atoms with E-state index in [-0.39, 0.29) is 31.5 Å². The van der Waals surface area contributed by atoms with Gasteiger partial charge >= 0.3 is 6.18 Å². The van der Waals surface area contributed by atoms with Gasteiger partial charge in [0.25, 0.3) is 0 Å². The summed E-state index contributed by atoms with van der Waals surface area (Å²) >= 11 is 5.35. The predicted octanol–water partition coefficient (Wildman–Crippen LogP) is 1.52. The molecule has 3 rings (SSSR count). The van der Waals surface area contributed by atoms with Crippen molar-refractivity contribution in [2.75, 3.05) is 19.6 Å². The van der Waals surface area contributed by atoms with Crippen LogP contribution in [0.5, 0.6) is 0 Å². The lowest BCUT2D eigenvalue weighted by Crippen LogP contribution is -2.47. The molecule has 1 atom stereocenters. The number of halogens is 3. The van der Waals surface area contributed by atoms with Crippen molar-refractivity contribution in [3.05, 3.63) is 0 Å². The van der Waals surface area contributed by atoms with E-state index in [1.807, 2.05) is 4.90 Å². The third kappa shape index (κ3) is 3.15. The van der Waals surface area contributed by atoms with Crippen LogP contribution in [-0.2, 0) is 9.59 Å². The van der Waals surface area contributed by atoms with Crippen LogP contribution in [0, 0.1) is 0 Å². The molecule has 0 N–H and O–H groups in total. The van der Waals surface area contributed by atoms with Crippen LogP contribution in [0.15, 0.2) is 0 Å². The molecule has 0 aromatic rings. The predicted molar refractivity (Wildman–Crippen MR) is 79.4 cm³/mol. The first-order chi connectivity index (χ1) is 10.8. The highest BCUT2D eigenvalue weighted by atomic mass is 32.1. The number of amides is 2. The summed E-state index contributed by atoms with van der Waals surface area (Å²) in [5.41, 5.74) is 0. The van der Waals surface area contributed by atoms with Crippen molar-refractivity contribution in [3.63, 3.8) is 0 Å². The van der Waals surface area contributed by atoms with Gasteiger partial charge in [-0.1, -0.05) is 12.8 Å². The Morgan fingerprint density at radius 3 is 2.39 bits per heavy atom. The smallest absolute Gasteiger partial charge is 0.336 e. The molecular weight excluding hydrogens is 331 g/mol. The van der Waals surface area contributed by atoms with Crippen molar-refractivity contribution in [2.45, 2.75) is 50.4 Å². The summed E-state index contributed by atoms with van der Waals surface area (Å²) < 4.78 is 37.5. The Balaban J connectivity index is 1.70. The number of carbonyl (C=O) groups is 2. The van der Waals surface area contributed by atoms with E-state index in [9.17, 15) is 22.8 Å². The molecule has 23 heavy (non-hydrogen) atoms. The fourth-order valence-electron chi connectivity index (χ4n) is 3.68. The van der Waals surface area contributed by atoms with Crippen molar-refractivity contribution >= 4 is 29.1 Å². The molecule has 128 valence electrons. The van der Waals surface area contributed by atoms with Crippen LogP contribution < -0.4 is 0 Å². The molecule has 2 amide bonds. The van der Waals surface area contributed by atoms with Crippen molar-refractivity contribution in [3.8, 4) is 0 Å². The second-order valence-electron chi connectivity index (χ2n) is 6.29. The summed E-state index contributed by atoms with van der Waals surface area (Å²) in [5.74, 6) is -0.944. The molecule has 3 fully saturated rings. The third-order valence-corrected chi connectivity index (χ3v) is 5.17. The highest BCUT2D eigenvalue weighted by Gasteiger charge is 2.48. The molecular formula is C14H18F3N3O2S. The molecule has 1 aliphatic carbocycles. The highest BCUT2D eigenvalue weighted by molar-refractivity contribution is 7.80. The SMILES string of the molecule is O=C1C(N2C(=O)CN(C3CCCC3)C2=S)CCN1CC(F)(F)F. The summed E-state index contributed by atoms with van der Waals surface area (Å²) in [5, 5.41) is 0.300. The minimum atomic E-state index is -4.43. The first-order valence-corrected chi connectivity index (χ1v) is 8.17. The second-order valence-corrected chi connectivity index (χ2v) is 6.66. The van der Waals surface area contributed by atoms with E-state index in [0.717, 1.165) is 30.6 Å².